The molecule has 2 heterocycles. The van der Waals surface area contributed by atoms with Crippen LogP contribution in [-0.4, -0.2) is 47.7 Å². The van der Waals surface area contributed by atoms with E-state index in [-0.39, 0.29) is 11.7 Å². The molecule has 1 amide bonds. The zero-order valence-corrected chi connectivity index (χ0v) is 9.72. The summed E-state index contributed by atoms with van der Waals surface area (Å²) in [7, 11) is 0. The van der Waals surface area contributed by atoms with Crippen molar-refractivity contribution >= 4 is 17.9 Å². The first kappa shape index (κ1) is 11.1. The molecule has 0 aromatic rings. The minimum Gasteiger partial charge on any atom is -0.440 e. The zero-order chi connectivity index (χ0) is 10.7. The zero-order valence-electron chi connectivity index (χ0n) is 8.91. The quantitative estimate of drug-likeness (QED) is 0.787. The average molecular weight is 230 g/mol. The van der Waals surface area contributed by atoms with E-state index in [0.29, 0.717) is 6.54 Å². The normalized spacial score (nSPS) is 31.0. The number of amides is 1. The first-order valence-electron chi connectivity index (χ1n) is 5.51. The Kier molecular flexibility index (Phi) is 3.41. The molecule has 2 aliphatic rings. The lowest BCUT2D eigenvalue weighted by Gasteiger charge is -2.30. The summed E-state index contributed by atoms with van der Waals surface area (Å²) in [5.74, 6) is 2.15. The van der Waals surface area contributed by atoms with Gasteiger partial charge in [-0.2, -0.15) is 11.8 Å². The van der Waals surface area contributed by atoms with Gasteiger partial charge in [-0.1, -0.05) is 0 Å². The van der Waals surface area contributed by atoms with Gasteiger partial charge in [-0.3, -0.25) is 0 Å². The topological polar surface area (TPSA) is 55.6 Å². The fourth-order valence-electron chi connectivity index (χ4n) is 2.18. The predicted octanol–water partition coefficient (Wildman–Crippen LogP) is 1.05. The number of rotatable bonds is 3. The Hall–Kier alpha value is -0.420. The maximum absolute atomic E-state index is 11.6. The first-order valence-corrected chi connectivity index (χ1v) is 6.67. The first-order chi connectivity index (χ1) is 7.26. The third-order valence-electron chi connectivity index (χ3n) is 2.96. The van der Waals surface area contributed by atoms with Crippen molar-refractivity contribution < 1.29 is 9.53 Å². The molecule has 2 fully saturated rings. The minimum atomic E-state index is -0.186. The Bertz CT molecular complexity index is 242. The predicted molar refractivity (Wildman–Crippen MR) is 61.0 cm³/mol. The van der Waals surface area contributed by atoms with Crippen LogP contribution in [0.1, 0.15) is 19.3 Å². The van der Waals surface area contributed by atoms with Gasteiger partial charge in [0.25, 0.3) is 0 Å². The molecule has 4 nitrogen and oxygen atoms in total. The van der Waals surface area contributed by atoms with E-state index in [1.807, 2.05) is 11.8 Å². The molecule has 1 spiro atoms. The van der Waals surface area contributed by atoms with E-state index in [1.165, 1.54) is 5.75 Å². The number of hydrogen-bond donors (Lipinski definition) is 1. The number of thioether (sulfide) groups is 1. The van der Waals surface area contributed by atoms with Crippen LogP contribution in [0.2, 0.25) is 0 Å². The van der Waals surface area contributed by atoms with Crippen molar-refractivity contribution in [1.29, 1.82) is 0 Å². The average Bonchev–Trinajstić information content (AvgIpc) is 2.53. The summed E-state index contributed by atoms with van der Waals surface area (Å²) in [4.78, 5) is 13.4. The highest BCUT2D eigenvalue weighted by atomic mass is 32.2. The fourth-order valence-corrected chi connectivity index (χ4v) is 3.34. The van der Waals surface area contributed by atoms with Crippen LogP contribution < -0.4 is 5.73 Å². The van der Waals surface area contributed by atoms with Gasteiger partial charge in [0, 0.05) is 12.3 Å². The van der Waals surface area contributed by atoms with Crippen molar-refractivity contribution in [3.63, 3.8) is 0 Å². The summed E-state index contributed by atoms with van der Waals surface area (Å²) in [5.41, 5.74) is 5.25. The highest BCUT2D eigenvalue weighted by Crippen LogP contribution is 2.35. The summed E-state index contributed by atoms with van der Waals surface area (Å²) in [6.45, 7) is 2.13. The van der Waals surface area contributed by atoms with Crippen molar-refractivity contribution in [2.75, 3.05) is 31.1 Å². The van der Waals surface area contributed by atoms with Crippen molar-refractivity contribution in [1.82, 2.24) is 4.90 Å². The van der Waals surface area contributed by atoms with E-state index in [1.54, 1.807) is 4.90 Å². The van der Waals surface area contributed by atoms with Gasteiger partial charge in [-0.05, 0) is 31.6 Å². The van der Waals surface area contributed by atoms with Crippen molar-refractivity contribution in [3.8, 4) is 0 Å². The van der Waals surface area contributed by atoms with Gasteiger partial charge in [0.2, 0.25) is 0 Å². The largest absolute Gasteiger partial charge is 0.440 e. The highest BCUT2D eigenvalue weighted by molar-refractivity contribution is 7.99. The lowest BCUT2D eigenvalue weighted by Crippen LogP contribution is -2.39. The van der Waals surface area contributed by atoms with Crippen LogP contribution in [-0.2, 0) is 4.74 Å². The van der Waals surface area contributed by atoms with E-state index in [0.717, 1.165) is 38.1 Å². The number of carbonyl (C=O) groups excluding carboxylic acids is 1. The number of nitrogens with two attached hydrogens (primary N) is 1. The molecule has 0 saturated carbocycles. The van der Waals surface area contributed by atoms with E-state index < -0.39 is 0 Å². The molecule has 5 heteroatoms. The third-order valence-corrected chi connectivity index (χ3v) is 4.27. The van der Waals surface area contributed by atoms with Crippen LogP contribution in [0.15, 0.2) is 0 Å². The van der Waals surface area contributed by atoms with E-state index in [9.17, 15) is 4.79 Å². The minimum absolute atomic E-state index is 0.147. The van der Waals surface area contributed by atoms with Crippen LogP contribution >= 0.6 is 11.8 Å². The van der Waals surface area contributed by atoms with Crippen LogP contribution in [0.5, 0.6) is 0 Å². The fraction of sp³-hybridized carbons (Fsp3) is 0.900. The maximum atomic E-state index is 11.6. The second kappa shape index (κ2) is 4.61. The van der Waals surface area contributed by atoms with Gasteiger partial charge in [0.15, 0.2) is 0 Å². The van der Waals surface area contributed by atoms with Gasteiger partial charge < -0.3 is 15.4 Å². The molecule has 0 bridgehead atoms. The van der Waals surface area contributed by atoms with Crippen LogP contribution in [0.25, 0.3) is 0 Å². The second-order valence-corrected chi connectivity index (χ2v) is 5.38. The Balaban J connectivity index is 1.92. The Labute approximate surface area is 94.5 Å². The SMILES string of the molecule is NCCCN1CC2(CCCSC2)OC1=O. The number of ether oxygens (including phenoxy) is 1. The van der Waals surface area contributed by atoms with Gasteiger partial charge in [0.1, 0.15) is 5.60 Å². The van der Waals surface area contributed by atoms with Crippen molar-refractivity contribution in [2.45, 2.75) is 24.9 Å². The summed E-state index contributed by atoms with van der Waals surface area (Å²) >= 11 is 1.89. The number of hydrogen-bond acceptors (Lipinski definition) is 4. The maximum Gasteiger partial charge on any atom is 0.410 e. The lowest BCUT2D eigenvalue weighted by molar-refractivity contribution is 0.0661. The summed E-state index contributed by atoms with van der Waals surface area (Å²) in [6, 6.07) is 0. The van der Waals surface area contributed by atoms with E-state index >= 15 is 0 Å². The Morgan fingerprint density at radius 1 is 1.60 bits per heavy atom. The molecule has 15 heavy (non-hydrogen) atoms. The molecule has 0 radical (unpaired) electrons. The summed E-state index contributed by atoms with van der Waals surface area (Å²) in [5, 5.41) is 0. The van der Waals surface area contributed by atoms with Gasteiger partial charge in [0.05, 0.1) is 6.54 Å². The van der Waals surface area contributed by atoms with E-state index in [2.05, 4.69) is 0 Å². The molecule has 86 valence electrons. The summed E-state index contributed by atoms with van der Waals surface area (Å²) < 4.78 is 5.52. The highest BCUT2D eigenvalue weighted by Gasteiger charge is 2.45. The van der Waals surface area contributed by atoms with Crippen LogP contribution in [0.3, 0.4) is 0 Å². The number of carbonyl (C=O) groups is 1. The summed E-state index contributed by atoms with van der Waals surface area (Å²) in [6.07, 6.45) is 2.89. The standard InChI is InChI=1S/C10H18N2O2S/c11-4-2-5-12-7-10(14-9(12)13)3-1-6-15-8-10/h1-8,11H2. The molecule has 0 aromatic heterocycles. The van der Waals surface area contributed by atoms with Crippen LogP contribution in [0, 0.1) is 0 Å². The molecule has 2 saturated heterocycles. The molecular weight excluding hydrogens is 212 g/mol. The lowest BCUT2D eigenvalue weighted by atomic mass is 10.00. The van der Waals surface area contributed by atoms with Crippen molar-refractivity contribution in [3.05, 3.63) is 0 Å². The molecule has 2 N–H and O–H groups in total. The van der Waals surface area contributed by atoms with Gasteiger partial charge in [-0.25, -0.2) is 4.79 Å². The Morgan fingerprint density at radius 3 is 3.13 bits per heavy atom. The van der Waals surface area contributed by atoms with Crippen LogP contribution in [0.4, 0.5) is 4.79 Å². The molecule has 1 unspecified atom stereocenters. The van der Waals surface area contributed by atoms with Gasteiger partial charge >= 0.3 is 6.09 Å². The van der Waals surface area contributed by atoms with Gasteiger partial charge in [-0.15, -0.1) is 0 Å². The molecule has 2 rings (SSSR count). The second-order valence-electron chi connectivity index (χ2n) is 4.27. The molecular formula is C10H18N2O2S. The van der Waals surface area contributed by atoms with Crippen molar-refractivity contribution in [2.24, 2.45) is 5.73 Å². The monoisotopic (exact) mass is 230 g/mol. The third kappa shape index (κ3) is 2.39. The molecule has 2 aliphatic heterocycles. The number of nitrogens with zero attached hydrogens (tertiary/aromatic N) is 1. The molecule has 0 aromatic carbocycles. The Morgan fingerprint density at radius 2 is 2.47 bits per heavy atom. The molecule has 1 atom stereocenters. The molecule has 0 aliphatic carbocycles. The smallest absolute Gasteiger partial charge is 0.410 e. The van der Waals surface area contributed by atoms with E-state index in [4.69, 9.17) is 10.5 Å².